The van der Waals surface area contributed by atoms with Crippen LogP contribution < -0.4 is 15.8 Å². The zero-order valence-corrected chi connectivity index (χ0v) is 11.1. The lowest BCUT2D eigenvalue weighted by Crippen LogP contribution is -2.16. The summed E-state index contributed by atoms with van der Waals surface area (Å²) in [7, 11) is 0. The smallest absolute Gasteiger partial charge is 0.227 e. The highest BCUT2D eigenvalue weighted by Crippen LogP contribution is 2.21. The molecule has 21 heavy (non-hydrogen) atoms. The fourth-order valence-corrected chi connectivity index (χ4v) is 1.65. The van der Waals surface area contributed by atoms with Crippen molar-refractivity contribution >= 4 is 17.3 Å². The summed E-state index contributed by atoms with van der Waals surface area (Å²) >= 11 is 0. The number of hydrogen-bond acceptors (Lipinski definition) is 3. The van der Waals surface area contributed by atoms with E-state index in [1.54, 1.807) is 12.1 Å². The van der Waals surface area contributed by atoms with Crippen molar-refractivity contribution in [1.29, 1.82) is 0 Å². The van der Waals surface area contributed by atoms with Gasteiger partial charge in [-0.05, 0) is 18.2 Å². The van der Waals surface area contributed by atoms with Gasteiger partial charge in [0.05, 0.1) is 24.4 Å². The molecule has 0 saturated heterocycles. The number of nitrogens with two attached hydrogens (primary N) is 1. The first-order valence-corrected chi connectivity index (χ1v) is 6.28. The quantitative estimate of drug-likeness (QED) is 0.833. The highest BCUT2D eigenvalue weighted by molar-refractivity contribution is 5.91. The van der Waals surface area contributed by atoms with Crippen molar-refractivity contribution in [2.45, 2.75) is 6.42 Å². The van der Waals surface area contributed by atoms with E-state index in [9.17, 15) is 13.6 Å². The number of rotatable bonds is 5. The van der Waals surface area contributed by atoms with Crippen LogP contribution in [0.25, 0.3) is 0 Å². The molecule has 0 heterocycles. The number of nitrogens with one attached hydrogen (secondary N) is 1. The molecule has 2 aromatic rings. The summed E-state index contributed by atoms with van der Waals surface area (Å²) in [5.41, 5.74) is 4.94. The molecule has 6 heteroatoms. The first-order valence-electron chi connectivity index (χ1n) is 6.28. The minimum Gasteiger partial charge on any atom is -0.493 e. The molecule has 0 aromatic heterocycles. The third kappa shape index (κ3) is 4.17. The molecule has 0 atom stereocenters. The van der Waals surface area contributed by atoms with E-state index in [1.807, 2.05) is 18.2 Å². The Kier molecular flexibility index (Phi) is 4.71. The molecule has 0 unspecified atom stereocenters. The number of benzene rings is 2. The summed E-state index contributed by atoms with van der Waals surface area (Å²) in [5, 5.41) is 2.32. The Balaban J connectivity index is 1.86. The van der Waals surface area contributed by atoms with Gasteiger partial charge in [0.2, 0.25) is 5.91 Å². The van der Waals surface area contributed by atoms with Gasteiger partial charge < -0.3 is 15.8 Å². The summed E-state index contributed by atoms with van der Waals surface area (Å²) in [5.74, 6) is -1.55. The van der Waals surface area contributed by atoms with Crippen molar-refractivity contribution in [2.24, 2.45) is 0 Å². The molecule has 2 aromatic carbocycles. The number of ether oxygens (including phenoxy) is 1. The molecular weight excluding hydrogens is 278 g/mol. The number of carbonyl (C=O) groups excluding carboxylic acids is 1. The van der Waals surface area contributed by atoms with Crippen molar-refractivity contribution in [1.82, 2.24) is 0 Å². The monoisotopic (exact) mass is 292 g/mol. The molecule has 0 aliphatic heterocycles. The average Bonchev–Trinajstić information content (AvgIpc) is 2.46. The molecule has 0 fully saturated rings. The van der Waals surface area contributed by atoms with Gasteiger partial charge in [0.1, 0.15) is 17.4 Å². The van der Waals surface area contributed by atoms with Crippen LogP contribution in [0.3, 0.4) is 0 Å². The van der Waals surface area contributed by atoms with Gasteiger partial charge in [-0.1, -0.05) is 18.2 Å². The first kappa shape index (κ1) is 14.8. The second-order valence-electron chi connectivity index (χ2n) is 4.31. The van der Waals surface area contributed by atoms with E-state index in [1.165, 1.54) is 0 Å². The Bertz CT molecular complexity index is 633. The number of carbonyl (C=O) groups is 1. The summed E-state index contributed by atoms with van der Waals surface area (Å²) < 4.78 is 31.8. The third-order valence-corrected chi connectivity index (χ3v) is 2.70. The van der Waals surface area contributed by atoms with E-state index in [2.05, 4.69) is 5.32 Å². The predicted octanol–water partition coefficient (Wildman–Crippen LogP) is 2.95. The molecule has 1 amide bonds. The maximum Gasteiger partial charge on any atom is 0.227 e. The molecule has 0 spiro atoms. The van der Waals surface area contributed by atoms with E-state index in [4.69, 9.17) is 10.5 Å². The lowest BCUT2D eigenvalue weighted by atomic mass is 10.2. The zero-order valence-electron chi connectivity index (χ0n) is 11.1. The SMILES string of the molecule is Nc1cc(NC(=O)CCOc2ccccc2)c(F)cc1F. The highest BCUT2D eigenvalue weighted by atomic mass is 19.1. The number of hydrogen-bond donors (Lipinski definition) is 2. The minimum absolute atomic E-state index is 0.0333. The standard InChI is InChI=1S/C15H14F2N2O2/c16-11-8-12(17)14(9-13(11)18)19-15(20)6-7-21-10-4-2-1-3-5-10/h1-5,8-9H,6-7,18H2,(H,19,20). The molecule has 0 aliphatic rings. The topological polar surface area (TPSA) is 64.3 Å². The third-order valence-electron chi connectivity index (χ3n) is 2.70. The van der Waals surface area contributed by atoms with E-state index in [-0.39, 0.29) is 24.4 Å². The molecule has 0 saturated carbocycles. The number of para-hydroxylation sites is 1. The van der Waals surface area contributed by atoms with Gasteiger partial charge >= 0.3 is 0 Å². The van der Waals surface area contributed by atoms with Crippen LogP contribution in [0.1, 0.15) is 6.42 Å². The van der Waals surface area contributed by atoms with Crippen LogP contribution in [-0.4, -0.2) is 12.5 Å². The van der Waals surface area contributed by atoms with Gasteiger partial charge in [-0.25, -0.2) is 8.78 Å². The van der Waals surface area contributed by atoms with Crippen LogP contribution in [0, 0.1) is 11.6 Å². The lowest BCUT2D eigenvalue weighted by Gasteiger charge is -2.09. The van der Waals surface area contributed by atoms with Crippen molar-refractivity contribution in [3.8, 4) is 5.75 Å². The predicted molar refractivity (Wildman–Crippen MR) is 76.0 cm³/mol. The van der Waals surface area contributed by atoms with Gasteiger partial charge in [-0.15, -0.1) is 0 Å². The van der Waals surface area contributed by atoms with Crippen molar-refractivity contribution in [3.05, 3.63) is 54.1 Å². The summed E-state index contributed by atoms with van der Waals surface area (Å²) in [6, 6.07) is 10.7. The molecule has 0 aliphatic carbocycles. The normalized spacial score (nSPS) is 10.2. The van der Waals surface area contributed by atoms with E-state index >= 15 is 0 Å². The van der Waals surface area contributed by atoms with E-state index in [0.29, 0.717) is 11.8 Å². The second-order valence-corrected chi connectivity index (χ2v) is 4.31. The summed E-state index contributed by atoms with van der Waals surface area (Å²) in [6.45, 7) is 0.147. The number of nitrogen functional groups attached to an aromatic ring is 1. The van der Waals surface area contributed by atoms with E-state index < -0.39 is 17.5 Å². The number of halogens is 2. The zero-order chi connectivity index (χ0) is 15.2. The largest absolute Gasteiger partial charge is 0.493 e. The van der Waals surface area contributed by atoms with Crippen LogP contribution in [0.4, 0.5) is 20.2 Å². The van der Waals surface area contributed by atoms with Crippen molar-refractivity contribution in [2.75, 3.05) is 17.7 Å². The summed E-state index contributed by atoms with van der Waals surface area (Å²) in [6.07, 6.45) is 0.0333. The summed E-state index contributed by atoms with van der Waals surface area (Å²) in [4.78, 5) is 11.7. The number of amides is 1. The Morgan fingerprint density at radius 2 is 1.86 bits per heavy atom. The second kappa shape index (κ2) is 6.69. The molecule has 3 N–H and O–H groups in total. The Morgan fingerprint density at radius 3 is 2.57 bits per heavy atom. The van der Waals surface area contributed by atoms with Crippen molar-refractivity contribution < 1.29 is 18.3 Å². The fraction of sp³-hybridized carbons (Fsp3) is 0.133. The van der Waals surface area contributed by atoms with Gasteiger partial charge in [-0.2, -0.15) is 0 Å². The molecule has 0 radical (unpaired) electrons. The van der Waals surface area contributed by atoms with Crippen LogP contribution in [0.2, 0.25) is 0 Å². The van der Waals surface area contributed by atoms with Crippen molar-refractivity contribution in [3.63, 3.8) is 0 Å². The van der Waals surface area contributed by atoms with Crippen LogP contribution in [-0.2, 0) is 4.79 Å². The van der Waals surface area contributed by atoms with Gasteiger partial charge in [0, 0.05) is 6.07 Å². The Labute approximate surface area is 120 Å². The maximum absolute atomic E-state index is 13.4. The molecule has 0 bridgehead atoms. The van der Waals surface area contributed by atoms with E-state index in [0.717, 1.165) is 6.07 Å². The Hall–Kier alpha value is -2.63. The van der Waals surface area contributed by atoms with Crippen LogP contribution in [0.5, 0.6) is 5.75 Å². The minimum atomic E-state index is -0.876. The first-order chi connectivity index (χ1) is 10.1. The van der Waals surface area contributed by atoms with Crippen LogP contribution in [0.15, 0.2) is 42.5 Å². The molecule has 2 rings (SSSR count). The highest BCUT2D eigenvalue weighted by Gasteiger charge is 2.11. The van der Waals surface area contributed by atoms with Gasteiger partial charge in [0.25, 0.3) is 0 Å². The van der Waals surface area contributed by atoms with Crippen LogP contribution >= 0.6 is 0 Å². The fourth-order valence-electron chi connectivity index (χ4n) is 1.65. The Morgan fingerprint density at radius 1 is 1.14 bits per heavy atom. The lowest BCUT2D eigenvalue weighted by molar-refractivity contribution is -0.116. The average molecular weight is 292 g/mol. The molecule has 110 valence electrons. The molecular formula is C15H14F2N2O2. The number of anilines is 2. The maximum atomic E-state index is 13.4. The van der Waals surface area contributed by atoms with Gasteiger partial charge in [0.15, 0.2) is 0 Å². The molecule has 4 nitrogen and oxygen atoms in total. The van der Waals surface area contributed by atoms with Gasteiger partial charge in [-0.3, -0.25) is 4.79 Å².